The Bertz CT molecular complexity index is 1100. The molecule has 0 unspecified atom stereocenters. The second kappa shape index (κ2) is 8.42. The van der Waals surface area contributed by atoms with E-state index in [1.54, 1.807) is 20.8 Å². The molecule has 38 heavy (non-hydrogen) atoms. The molecule has 11 nitrogen and oxygen atoms in total. The molecule has 3 bridgehead atoms. The average molecular weight is 537 g/mol. The summed E-state index contributed by atoms with van der Waals surface area (Å²) >= 11 is 0. The van der Waals surface area contributed by atoms with Crippen LogP contribution in [0.2, 0.25) is 0 Å². The molecular formula is C27H36O11. The Kier molecular flexibility index (Phi) is 5.96. The van der Waals surface area contributed by atoms with Gasteiger partial charge in [-0.15, -0.1) is 0 Å². The molecule has 0 aromatic carbocycles. The molecule has 2 heterocycles. The van der Waals surface area contributed by atoms with Gasteiger partial charge in [0.1, 0.15) is 11.7 Å². The third kappa shape index (κ3) is 3.92. The van der Waals surface area contributed by atoms with Crippen LogP contribution in [-0.2, 0) is 42.9 Å². The molecule has 0 aromatic heterocycles. The lowest BCUT2D eigenvalue weighted by molar-refractivity contribution is -0.214. The van der Waals surface area contributed by atoms with Crippen molar-refractivity contribution < 1.29 is 53.1 Å². The van der Waals surface area contributed by atoms with E-state index in [2.05, 4.69) is 0 Å². The summed E-state index contributed by atoms with van der Waals surface area (Å²) in [6.45, 7) is 9.23. The minimum Gasteiger partial charge on any atom is -0.462 e. The van der Waals surface area contributed by atoms with Crippen LogP contribution in [0.5, 0.6) is 0 Å². The van der Waals surface area contributed by atoms with Crippen molar-refractivity contribution in [2.24, 2.45) is 28.6 Å². The van der Waals surface area contributed by atoms with Crippen molar-refractivity contribution in [3.8, 4) is 0 Å². The van der Waals surface area contributed by atoms with Gasteiger partial charge in [0, 0.05) is 35.7 Å². The lowest BCUT2D eigenvalue weighted by Crippen LogP contribution is -2.58. The summed E-state index contributed by atoms with van der Waals surface area (Å²) in [5, 5.41) is 21.3. The van der Waals surface area contributed by atoms with Gasteiger partial charge in [0.25, 0.3) is 0 Å². The third-order valence-electron chi connectivity index (χ3n) is 9.02. The summed E-state index contributed by atoms with van der Waals surface area (Å²) in [5.74, 6) is -3.67. The number of aliphatic hydroxyl groups is 2. The van der Waals surface area contributed by atoms with E-state index in [4.69, 9.17) is 23.7 Å². The van der Waals surface area contributed by atoms with Gasteiger partial charge in [-0.25, -0.2) is 0 Å². The fraction of sp³-hybridized carbons (Fsp3) is 0.778. The molecule has 0 aromatic rings. The van der Waals surface area contributed by atoms with Crippen molar-refractivity contribution >= 4 is 23.9 Å². The van der Waals surface area contributed by atoms with Gasteiger partial charge in [-0.1, -0.05) is 0 Å². The minimum absolute atomic E-state index is 0.193. The maximum Gasteiger partial charge on any atom is 0.313 e. The van der Waals surface area contributed by atoms with Gasteiger partial charge in [-0.3, -0.25) is 19.2 Å². The summed E-state index contributed by atoms with van der Waals surface area (Å²) in [6, 6.07) is 0. The zero-order chi connectivity index (χ0) is 28.0. The smallest absolute Gasteiger partial charge is 0.313 e. The maximum atomic E-state index is 13.4. The van der Waals surface area contributed by atoms with E-state index in [9.17, 15) is 29.4 Å². The quantitative estimate of drug-likeness (QED) is 0.359. The van der Waals surface area contributed by atoms with E-state index < -0.39 is 88.3 Å². The number of rotatable bonds is 7. The molecule has 210 valence electrons. The van der Waals surface area contributed by atoms with Crippen LogP contribution < -0.4 is 0 Å². The Morgan fingerprint density at radius 1 is 1.11 bits per heavy atom. The number of carbonyl (C=O) groups excluding carboxylic acids is 4. The SMILES string of the molecule is CC(=O)OC(C)(C)CC(=O)O[C@@H]1[C@@H]2OC(=O)[C@]3(C)[C@H]1C[C@@]14C2=CO[C@@H](OC(=O)CC(C)(C)O)[C@@H]1C[C@@H](O)[C@@H]34. The van der Waals surface area contributed by atoms with E-state index >= 15 is 0 Å². The molecule has 2 N–H and O–H groups in total. The summed E-state index contributed by atoms with van der Waals surface area (Å²) in [5.41, 5.74) is -3.62. The molecule has 11 heteroatoms. The maximum absolute atomic E-state index is 13.4. The van der Waals surface area contributed by atoms with Gasteiger partial charge in [0.2, 0.25) is 6.29 Å². The van der Waals surface area contributed by atoms with Crippen LogP contribution in [0.4, 0.5) is 0 Å². The number of aliphatic hydroxyl groups excluding tert-OH is 1. The highest BCUT2D eigenvalue weighted by Gasteiger charge is 2.82. The molecule has 1 spiro atoms. The first-order valence-corrected chi connectivity index (χ1v) is 13.1. The van der Waals surface area contributed by atoms with Crippen LogP contribution in [0.15, 0.2) is 11.8 Å². The van der Waals surface area contributed by atoms with Crippen molar-refractivity contribution in [2.45, 2.75) is 103 Å². The number of fused-ring (bicyclic) bond motifs is 3. The van der Waals surface area contributed by atoms with Crippen LogP contribution in [0, 0.1) is 28.6 Å². The van der Waals surface area contributed by atoms with E-state index in [1.807, 2.05) is 0 Å². The first-order valence-electron chi connectivity index (χ1n) is 13.1. The number of ether oxygens (including phenoxy) is 5. The van der Waals surface area contributed by atoms with Crippen LogP contribution in [0.1, 0.15) is 67.2 Å². The Labute approximate surface area is 220 Å². The fourth-order valence-corrected chi connectivity index (χ4v) is 7.98. The summed E-state index contributed by atoms with van der Waals surface area (Å²) in [7, 11) is 0. The van der Waals surface area contributed by atoms with Crippen LogP contribution in [0.25, 0.3) is 0 Å². The van der Waals surface area contributed by atoms with E-state index in [0.29, 0.717) is 12.0 Å². The zero-order valence-electron chi connectivity index (χ0n) is 22.5. The molecule has 5 aliphatic rings. The largest absolute Gasteiger partial charge is 0.462 e. The molecule has 9 atom stereocenters. The minimum atomic E-state index is -1.26. The van der Waals surface area contributed by atoms with Crippen molar-refractivity contribution in [2.75, 3.05) is 0 Å². The standard InChI is InChI=1S/C27H36O11/c1-12(28)38-25(4,5)10-18(31)35-19-14-8-27-13-7-16(29)21(27)26(14,6)23(32)37-20(19)15(27)11-34-22(13)36-17(30)9-24(2,3)33/h11,13-14,16,19-22,29,33H,7-10H2,1-6H3/t13-,14-,16+,19-,20+,21-,22-,26+,27-/m0/s1. The summed E-state index contributed by atoms with van der Waals surface area (Å²) in [6.07, 6.45) is -1.96. The van der Waals surface area contributed by atoms with Crippen LogP contribution in [-0.4, -0.2) is 69.9 Å². The van der Waals surface area contributed by atoms with Gasteiger partial charge < -0.3 is 33.9 Å². The van der Waals surface area contributed by atoms with Gasteiger partial charge in [-0.2, -0.15) is 0 Å². The van der Waals surface area contributed by atoms with E-state index in [0.717, 1.165) is 0 Å². The van der Waals surface area contributed by atoms with Gasteiger partial charge >= 0.3 is 23.9 Å². The van der Waals surface area contributed by atoms with Crippen LogP contribution in [0.3, 0.4) is 0 Å². The predicted molar refractivity (Wildman–Crippen MR) is 126 cm³/mol. The topological polar surface area (TPSA) is 155 Å². The molecule has 4 fully saturated rings. The first kappa shape index (κ1) is 26.9. The second-order valence-corrected chi connectivity index (χ2v) is 12.9. The van der Waals surface area contributed by atoms with Gasteiger partial charge in [0.15, 0.2) is 6.10 Å². The Morgan fingerprint density at radius 3 is 2.39 bits per heavy atom. The zero-order valence-corrected chi connectivity index (χ0v) is 22.5. The van der Waals surface area contributed by atoms with Crippen molar-refractivity contribution in [1.29, 1.82) is 0 Å². The first-order chi connectivity index (χ1) is 17.5. The molecule has 1 saturated heterocycles. The molecular weight excluding hydrogens is 500 g/mol. The number of carbonyl (C=O) groups is 4. The predicted octanol–water partition coefficient (Wildman–Crippen LogP) is 1.52. The molecule has 5 rings (SSSR count). The molecule has 3 aliphatic carbocycles. The Morgan fingerprint density at radius 2 is 1.76 bits per heavy atom. The molecule has 0 radical (unpaired) electrons. The molecule has 0 amide bonds. The van der Waals surface area contributed by atoms with Crippen LogP contribution >= 0.6 is 0 Å². The third-order valence-corrected chi connectivity index (χ3v) is 9.02. The molecule has 3 saturated carbocycles. The number of hydrogen-bond donors (Lipinski definition) is 2. The number of hydrogen-bond acceptors (Lipinski definition) is 11. The summed E-state index contributed by atoms with van der Waals surface area (Å²) < 4.78 is 28.5. The number of esters is 4. The normalized spacial score (nSPS) is 40.5. The average Bonchev–Trinajstić information content (AvgIpc) is 3.13. The lowest BCUT2D eigenvalue weighted by Gasteiger charge is -2.51. The van der Waals surface area contributed by atoms with Crippen molar-refractivity contribution in [3.05, 3.63) is 11.8 Å². The van der Waals surface area contributed by atoms with Crippen molar-refractivity contribution in [3.63, 3.8) is 0 Å². The highest BCUT2D eigenvalue weighted by atomic mass is 16.7. The highest BCUT2D eigenvalue weighted by molar-refractivity contribution is 5.82. The van der Waals surface area contributed by atoms with E-state index in [1.165, 1.54) is 27.0 Å². The second-order valence-electron chi connectivity index (χ2n) is 12.9. The van der Waals surface area contributed by atoms with Gasteiger partial charge in [0.05, 0.1) is 36.2 Å². The monoisotopic (exact) mass is 536 g/mol. The Hall–Kier alpha value is -2.66. The van der Waals surface area contributed by atoms with Gasteiger partial charge in [-0.05, 0) is 47.5 Å². The fourth-order valence-electron chi connectivity index (χ4n) is 7.98. The lowest BCUT2D eigenvalue weighted by atomic mass is 9.61. The summed E-state index contributed by atoms with van der Waals surface area (Å²) in [4.78, 5) is 50.3. The highest BCUT2D eigenvalue weighted by Crippen LogP contribution is 2.77. The Balaban J connectivity index is 1.46. The van der Waals surface area contributed by atoms with Crippen molar-refractivity contribution in [1.82, 2.24) is 0 Å². The molecule has 2 aliphatic heterocycles. The van der Waals surface area contributed by atoms with E-state index in [-0.39, 0.29) is 19.3 Å².